The third-order valence-electron chi connectivity index (χ3n) is 2.82. The van der Waals surface area contributed by atoms with Gasteiger partial charge in [0, 0.05) is 6.61 Å². The molecule has 3 nitrogen and oxygen atoms in total. The molecule has 0 radical (unpaired) electrons. The fraction of sp³-hybridized carbons (Fsp3) is 0.188. The van der Waals surface area contributed by atoms with Crippen LogP contribution in [0.15, 0.2) is 48.5 Å². The molecule has 0 atom stereocenters. The molecule has 0 saturated heterocycles. The van der Waals surface area contributed by atoms with Crippen molar-refractivity contribution < 1.29 is 14.6 Å². The zero-order valence-corrected chi connectivity index (χ0v) is 10.8. The van der Waals surface area contributed by atoms with Crippen LogP contribution in [0.1, 0.15) is 21.5 Å². The Hall–Kier alpha value is -2.13. The van der Waals surface area contributed by atoms with E-state index in [4.69, 9.17) is 9.84 Å². The molecule has 0 aromatic heterocycles. The number of carbonyl (C=O) groups is 1. The van der Waals surface area contributed by atoms with Gasteiger partial charge in [-0.2, -0.15) is 0 Å². The molecule has 19 heavy (non-hydrogen) atoms. The Bertz CT molecular complexity index is 541. The molecule has 0 aliphatic carbocycles. The highest BCUT2D eigenvalue weighted by atomic mass is 16.5. The van der Waals surface area contributed by atoms with Crippen LogP contribution in [-0.4, -0.2) is 17.7 Å². The number of benzene rings is 2. The average molecular weight is 256 g/mol. The van der Waals surface area contributed by atoms with Crippen LogP contribution in [0, 0.1) is 6.92 Å². The van der Waals surface area contributed by atoms with Crippen LogP contribution in [0.5, 0.6) is 5.75 Å². The van der Waals surface area contributed by atoms with Crippen molar-refractivity contribution in [1.29, 1.82) is 0 Å². The number of aryl methyl sites for hydroxylation is 1. The van der Waals surface area contributed by atoms with Gasteiger partial charge in [-0.3, -0.25) is 0 Å². The molecule has 0 unspecified atom stereocenters. The largest absolute Gasteiger partial charge is 0.423 e. The first-order valence-electron chi connectivity index (χ1n) is 6.17. The van der Waals surface area contributed by atoms with Crippen molar-refractivity contribution in [2.45, 2.75) is 13.3 Å². The predicted molar refractivity (Wildman–Crippen MR) is 73.4 cm³/mol. The van der Waals surface area contributed by atoms with Gasteiger partial charge in [-0.15, -0.1) is 0 Å². The lowest BCUT2D eigenvalue weighted by molar-refractivity contribution is 0.0734. The number of esters is 1. The Balaban J connectivity index is 2.04. The smallest absolute Gasteiger partial charge is 0.343 e. The van der Waals surface area contributed by atoms with Crippen LogP contribution in [0.3, 0.4) is 0 Å². The van der Waals surface area contributed by atoms with Crippen molar-refractivity contribution in [3.8, 4) is 5.75 Å². The summed E-state index contributed by atoms with van der Waals surface area (Å²) >= 11 is 0. The fourth-order valence-corrected chi connectivity index (χ4v) is 1.71. The van der Waals surface area contributed by atoms with E-state index in [1.54, 1.807) is 24.3 Å². The lowest BCUT2D eigenvalue weighted by Gasteiger charge is -2.05. The number of hydrogen-bond donors (Lipinski definition) is 1. The topological polar surface area (TPSA) is 46.5 Å². The number of carbonyl (C=O) groups excluding carboxylic acids is 1. The maximum Gasteiger partial charge on any atom is 0.343 e. The van der Waals surface area contributed by atoms with Gasteiger partial charge in [0.05, 0.1) is 5.56 Å². The normalized spacial score (nSPS) is 10.2. The van der Waals surface area contributed by atoms with Gasteiger partial charge < -0.3 is 9.84 Å². The summed E-state index contributed by atoms with van der Waals surface area (Å²) in [4.78, 5) is 11.9. The standard InChI is InChI=1S/C16H16O3/c1-12-2-6-14(7-3-12)16(18)19-15-8-4-13(5-9-15)10-11-17/h2-9,17H,10-11H2,1H3. The van der Waals surface area contributed by atoms with Gasteiger partial charge in [-0.25, -0.2) is 4.79 Å². The first-order chi connectivity index (χ1) is 9.19. The first kappa shape index (κ1) is 13.3. The maximum absolute atomic E-state index is 11.9. The van der Waals surface area contributed by atoms with Crippen LogP contribution in [0.4, 0.5) is 0 Å². The lowest BCUT2D eigenvalue weighted by atomic mass is 10.1. The van der Waals surface area contributed by atoms with E-state index in [0.717, 1.165) is 11.1 Å². The second-order valence-electron chi connectivity index (χ2n) is 4.37. The SMILES string of the molecule is Cc1ccc(C(=O)Oc2ccc(CCO)cc2)cc1. The minimum Gasteiger partial charge on any atom is -0.423 e. The summed E-state index contributed by atoms with van der Waals surface area (Å²) in [5.41, 5.74) is 2.65. The summed E-state index contributed by atoms with van der Waals surface area (Å²) in [6, 6.07) is 14.4. The molecule has 98 valence electrons. The monoisotopic (exact) mass is 256 g/mol. The zero-order chi connectivity index (χ0) is 13.7. The number of ether oxygens (including phenoxy) is 1. The van der Waals surface area contributed by atoms with Crippen LogP contribution < -0.4 is 4.74 Å². The zero-order valence-electron chi connectivity index (χ0n) is 10.8. The Morgan fingerprint density at radius 2 is 1.68 bits per heavy atom. The molecule has 3 heteroatoms. The molecule has 2 rings (SSSR count). The highest BCUT2D eigenvalue weighted by Crippen LogP contribution is 2.15. The summed E-state index contributed by atoms with van der Waals surface area (Å²) in [5.74, 6) is 0.141. The van der Waals surface area contributed by atoms with Gasteiger partial charge >= 0.3 is 5.97 Å². The number of hydrogen-bond acceptors (Lipinski definition) is 3. The number of aliphatic hydroxyl groups excluding tert-OH is 1. The Labute approximate surface area is 112 Å². The number of aliphatic hydroxyl groups is 1. The summed E-state index contributed by atoms with van der Waals surface area (Å²) in [7, 11) is 0. The molecule has 0 saturated carbocycles. The molecule has 0 bridgehead atoms. The fourth-order valence-electron chi connectivity index (χ4n) is 1.71. The molecule has 0 fully saturated rings. The van der Waals surface area contributed by atoms with Crippen molar-refractivity contribution in [1.82, 2.24) is 0 Å². The van der Waals surface area contributed by atoms with Crippen LogP contribution in [0.25, 0.3) is 0 Å². The maximum atomic E-state index is 11.9. The van der Waals surface area contributed by atoms with Crippen molar-refractivity contribution in [3.63, 3.8) is 0 Å². The highest BCUT2D eigenvalue weighted by Gasteiger charge is 2.07. The van der Waals surface area contributed by atoms with Gasteiger partial charge in [-0.1, -0.05) is 29.8 Å². The van der Waals surface area contributed by atoms with E-state index in [9.17, 15) is 4.79 Å². The highest BCUT2D eigenvalue weighted by molar-refractivity contribution is 5.91. The molecule has 0 amide bonds. The molecular weight excluding hydrogens is 240 g/mol. The minimum atomic E-state index is -0.366. The van der Waals surface area contributed by atoms with Gasteiger partial charge in [-0.05, 0) is 43.2 Å². The van der Waals surface area contributed by atoms with Crippen molar-refractivity contribution in [2.75, 3.05) is 6.61 Å². The van der Waals surface area contributed by atoms with Crippen molar-refractivity contribution in [3.05, 3.63) is 65.2 Å². The van der Waals surface area contributed by atoms with E-state index in [-0.39, 0.29) is 12.6 Å². The first-order valence-corrected chi connectivity index (χ1v) is 6.17. The average Bonchev–Trinajstić information content (AvgIpc) is 2.42. The van der Waals surface area contributed by atoms with Gasteiger partial charge in [0.2, 0.25) is 0 Å². The molecule has 1 N–H and O–H groups in total. The summed E-state index contributed by atoms with van der Waals surface area (Å²) in [6.45, 7) is 2.08. The molecule has 0 aliphatic heterocycles. The van der Waals surface area contributed by atoms with Crippen LogP contribution in [-0.2, 0) is 6.42 Å². The Morgan fingerprint density at radius 3 is 2.26 bits per heavy atom. The van der Waals surface area contributed by atoms with E-state index in [2.05, 4.69) is 0 Å². The molecule has 0 spiro atoms. The summed E-state index contributed by atoms with van der Waals surface area (Å²) in [5, 5.41) is 8.82. The van der Waals surface area contributed by atoms with E-state index < -0.39 is 0 Å². The van der Waals surface area contributed by atoms with E-state index in [0.29, 0.717) is 17.7 Å². The quantitative estimate of drug-likeness (QED) is 0.676. The van der Waals surface area contributed by atoms with E-state index in [1.165, 1.54) is 0 Å². The summed E-state index contributed by atoms with van der Waals surface area (Å²) in [6.07, 6.45) is 0.603. The number of rotatable bonds is 4. The molecule has 2 aromatic carbocycles. The second kappa shape index (κ2) is 6.16. The predicted octanol–water partition coefficient (Wildman–Crippen LogP) is 2.75. The molecule has 2 aromatic rings. The van der Waals surface area contributed by atoms with Gasteiger partial charge in [0.25, 0.3) is 0 Å². The molecule has 0 heterocycles. The lowest BCUT2D eigenvalue weighted by Crippen LogP contribution is -2.08. The van der Waals surface area contributed by atoms with E-state index in [1.807, 2.05) is 31.2 Å². The molecule has 0 aliphatic rings. The second-order valence-corrected chi connectivity index (χ2v) is 4.37. The Morgan fingerprint density at radius 1 is 1.05 bits per heavy atom. The van der Waals surface area contributed by atoms with Gasteiger partial charge in [0.1, 0.15) is 5.75 Å². The van der Waals surface area contributed by atoms with Crippen LogP contribution in [0.2, 0.25) is 0 Å². The molecular formula is C16H16O3. The summed E-state index contributed by atoms with van der Waals surface area (Å²) < 4.78 is 5.27. The minimum absolute atomic E-state index is 0.114. The van der Waals surface area contributed by atoms with Gasteiger partial charge in [0.15, 0.2) is 0 Å². The van der Waals surface area contributed by atoms with Crippen molar-refractivity contribution in [2.24, 2.45) is 0 Å². The van der Waals surface area contributed by atoms with Crippen LogP contribution >= 0.6 is 0 Å². The van der Waals surface area contributed by atoms with E-state index >= 15 is 0 Å². The third-order valence-corrected chi connectivity index (χ3v) is 2.82. The Kier molecular flexibility index (Phi) is 4.31. The van der Waals surface area contributed by atoms with Crippen molar-refractivity contribution >= 4 is 5.97 Å². The third kappa shape index (κ3) is 3.66.